The number of halogens is 1. The van der Waals surface area contributed by atoms with Gasteiger partial charge in [0.25, 0.3) is 0 Å². The number of nitrogens with one attached hydrogen (secondary N) is 2. The highest BCUT2D eigenvalue weighted by molar-refractivity contribution is 14.0. The lowest BCUT2D eigenvalue weighted by atomic mass is 10.1. The van der Waals surface area contributed by atoms with Gasteiger partial charge in [-0.3, -0.25) is 4.99 Å². The molecule has 6 nitrogen and oxygen atoms in total. The largest absolute Gasteiger partial charge is 0.361 e. The Hall–Kier alpha value is -0.830. The van der Waals surface area contributed by atoms with E-state index in [-0.39, 0.29) is 24.0 Å². The number of aliphatic imine (C=N–C) groups is 1. The van der Waals surface area contributed by atoms with Crippen molar-refractivity contribution in [2.45, 2.75) is 58.4 Å². The highest BCUT2D eigenvalue weighted by Gasteiger charge is 2.26. The molecule has 2 aliphatic rings. The summed E-state index contributed by atoms with van der Waals surface area (Å²) in [6.07, 6.45) is 7.83. The fourth-order valence-corrected chi connectivity index (χ4v) is 4.23. The van der Waals surface area contributed by atoms with Crippen LogP contribution in [0.4, 0.5) is 0 Å². The minimum Gasteiger partial charge on any atom is -0.361 e. The van der Waals surface area contributed by atoms with E-state index in [1.54, 1.807) is 0 Å². The van der Waals surface area contributed by atoms with Crippen LogP contribution in [0.5, 0.6) is 0 Å². The molecule has 1 saturated carbocycles. The van der Waals surface area contributed by atoms with Crippen LogP contribution in [-0.2, 0) is 6.42 Å². The van der Waals surface area contributed by atoms with Crippen LogP contribution in [-0.4, -0.2) is 55.3 Å². The lowest BCUT2D eigenvalue weighted by molar-refractivity contribution is 0.275. The van der Waals surface area contributed by atoms with E-state index in [1.165, 1.54) is 50.8 Å². The molecule has 1 saturated heterocycles. The Morgan fingerprint density at radius 1 is 1.27 bits per heavy atom. The number of aryl methyl sites for hydroxylation is 2. The minimum atomic E-state index is 0. The summed E-state index contributed by atoms with van der Waals surface area (Å²) in [5.74, 6) is 2.76. The van der Waals surface area contributed by atoms with Crippen LogP contribution in [0, 0.1) is 19.8 Å². The van der Waals surface area contributed by atoms with Crippen molar-refractivity contribution >= 4 is 29.9 Å². The van der Waals surface area contributed by atoms with Gasteiger partial charge in [-0.2, -0.15) is 0 Å². The fraction of sp³-hybridized carbons (Fsp3) is 0.789. The maximum Gasteiger partial charge on any atom is 0.191 e. The van der Waals surface area contributed by atoms with Crippen LogP contribution in [0.25, 0.3) is 0 Å². The van der Waals surface area contributed by atoms with Crippen molar-refractivity contribution in [3.63, 3.8) is 0 Å². The van der Waals surface area contributed by atoms with Gasteiger partial charge in [-0.1, -0.05) is 18.0 Å². The third kappa shape index (κ3) is 5.84. The predicted molar refractivity (Wildman–Crippen MR) is 116 cm³/mol. The Kier molecular flexibility index (Phi) is 8.66. The van der Waals surface area contributed by atoms with Gasteiger partial charge in [0.2, 0.25) is 0 Å². The molecule has 0 spiro atoms. The maximum atomic E-state index is 5.22. The van der Waals surface area contributed by atoms with E-state index in [9.17, 15) is 0 Å². The summed E-state index contributed by atoms with van der Waals surface area (Å²) in [6, 6.07) is 0.506. The molecule has 2 N–H and O–H groups in total. The second-order valence-electron chi connectivity index (χ2n) is 7.59. The molecular formula is C19H34IN5O. The monoisotopic (exact) mass is 475 g/mol. The first-order chi connectivity index (χ1) is 12.2. The Bertz CT molecular complexity index is 563. The smallest absolute Gasteiger partial charge is 0.191 e. The first-order valence-electron chi connectivity index (χ1n) is 9.77. The van der Waals surface area contributed by atoms with Gasteiger partial charge in [-0.25, -0.2) is 0 Å². The molecule has 26 heavy (non-hydrogen) atoms. The SMILES string of the molecule is CN=C(NCCc1c(C)noc1C)NC1CCN(CC2CCCC2)C1.I. The second-order valence-corrected chi connectivity index (χ2v) is 7.59. The molecule has 1 aromatic rings. The molecule has 0 amide bonds. The fourth-order valence-electron chi connectivity index (χ4n) is 4.23. The number of guanidine groups is 1. The molecule has 1 aromatic heterocycles. The molecule has 3 rings (SSSR count). The van der Waals surface area contributed by atoms with Crippen molar-refractivity contribution in [3.05, 3.63) is 17.0 Å². The number of hydrogen-bond acceptors (Lipinski definition) is 4. The van der Waals surface area contributed by atoms with Gasteiger partial charge < -0.3 is 20.1 Å². The molecule has 1 atom stereocenters. The van der Waals surface area contributed by atoms with E-state index >= 15 is 0 Å². The summed E-state index contributed by atoms with van der Waals surface area (Å²) in [5, 5.41) is 11.0. The average Bonchev–Trinajstić information content (AvgIpc) is 3.33. The molecule has 7 heteroatoms. The molecule has 1 aliphatic carbocycles. The third-order valence-corrected chi connectivity index (χ3v) is 5.68. The van der Waals surface area contributed by atoms with Crippen molar-refractivity contribution in [1.29, 1.82) is 0 Å². The highest BCUT2D eigenvalue weighted by atomic mass is 127. The van der Waals surface area contributed by atoms with Gasteiger partial charge in [-0.15, -0.1) is 24.0 Å². The average molecular weight is 475 g/mol. The van der Waals surface area contributed by atoms with Gasteiger partial charge in [0.05, 0.1) is 5.69 Å². The molecule has 1 unspecified atom stereocenters. The van der Waals surface area contributed by atoms with Crippen LogP contribution in [0.1, 0.15) is 49.1 Å². The van der Waals surface area contributed by atoms with E-state index in [1.807, 2.05) is 20.9 Å². The van der Waals surface area contributed by atoms with Crippen LogP contribution >= 0.6 is 24.0 Å². The Morgan fingerprint density at radius 3 is 2.69 bits per heavy atom. The molecule has 1 aliphatic heterocycles. The number of hydrogen-bond donors (Lipinski definition) is 2. The molecule has 0 bridgehead atoms. The number of rotatable bonds is 6. The van der Waals surface area contributed by atoms with Crippen LogP contribution in [0.2, 0.25) is 0 Å². The highest BCUT2D eigenvalue weighted by Crippen LogP contribution is 2.26. The first-order valence-corrected chi connectivity index (χ1v) is 9.77. The summed E-state index contributed by atoms with van der Waals surface area (Å²) < 4.78 is 5.22. The summed E-state index contributed by atoms with van der Waals surface area (Å²) in [5.41, 5.74) is 2.19. The van der Waals surface area contributed by atoms with Crippen molar-refractivity contribution < 1.29 is 4.52 Å². The molecule has 0 radical (unpaired) electrons. The van der Waals surface area contributed by atoms with Gasteiger partial charge in [-0.05, 0) is 45.4 Å². The Labute approximate surface area is 174 Å². The van der Waals surface area contributed by atoms with E-state index in [2.05, 4.69) is 25.7 Å². The topological polar surface area (TPSA) is 65.7 Å². The summed E-state index contributed by atoms with van der Waals surface area (Å²) in [6.45, 7) is 8.44. The zero-order valence-corrected chi connectivity index (χ0v) is 18.7. The standard InChI is InChI=1S/C19H33N5O.HI/c1-14-18(15(2)25-23-14)8-10-21-19(20-3)22-17-9-11-24(13-17)12-16-6-4-5-7-16;/h16-17H,4-13H2,1-3H3,(H2,20,21,22);1H. The van der Waals surface area contributed by atoms with E-state index < -0.39 is 0 Å². The van der Waals surface area contributed by atoms with Crippen molar-refractivity contribution in [2.24, 2.45) is 10.9 Å². The molecule has 148 valence electrons. The minimum absolute atomic E-state index is 0. The second kappa shape index (κ2) is 10.5. The Morgan fingerprint density at radius 2 is 2.04 bits per heavy atom. The number of nitrogens with zero attached hydrogens (tertiary/aromatic N) is 3. The zero-order chi connectivity index (χ0) is 17.6. The Balaban J connectivity index is 0.00000243. The molecule has 2 fully saturated rings. The number of aromatic nitrogens is 1. The van der Waals surface area contributed by atoms with Crippen LogP contribution < -0.4 is 10.6 Å². The normalized spacial score (nSPS) is 21.8. The molecule has 0 aromatic carbocycles. The summed E-state index contributed by atoms with van der Waals surface area (Å²) in [4.78, 5) is 7.01. The van der Waals surface area contributed by atoms with E-state index in [4.69, 9.17) is 4.52 Å². The van der Waals surface area contributed by atoms with Crippen molar-refractivity contribution in [2.75, 3.05) is 33.2 Å². The summed E-state index contributed by atoms with van der Waals surface area (Å²) in [7, 11) is 1.84. The third-order valence-electron chi connectivity index (χ3n) is 5.68. The first kappa shape index (κ1) is 21.5. The van der Waals surface area contributed by atoms with Gasteiger partial charge in [0.1, 0.15) is 5.76 Å². The molecule has 2 heterocycles. The van der Waals surface area contributed by atoms with Gasteiger partial charge in [0.15, 0.2) is 5.96 Å². The van der Waals surface area contributed by atoms with Crippen molar-refractivity contribution in [3.8, 4) is 0 Å². The molecular weight excluding hydrogens is 441 g/mol. The quantitative estimate of drug-likeness (QED) is 0.377. The van der Waals surface area contributed by atoms with Crippen LogP contribution in [0.15, 0.2) is 9.52 Å². The van der Waals surface area contributed by atoms with E-state index in [0.717, 1.165) is 42.8 Å². The van der Waals surface area contributed by atoms with Gasteiger partial charge in [0, 0.05) is 44.8 Å². The lowest BCUT2D eigenvalue weighted by Gasteiger charge is -2.21. The van der Waals surface area contributed by atoms with Crippen LogP contribution in [0.3, 0.4) is 0 Å². The lowest BCUT2D eigenvalue weighted by Crippen LogP contribution is -2.45. The predicted octanol–water partition coefficient (Wildman–Crippen LogP) is 2.88. The maximum absolute atomic E-state index is 5.22. The summed E-state index contributed by atoms with van der Waals surface area (Å²) >= 11 is 0. The zero-order valence-electron chi connectivity index (χ0n) is 16.4. The van der Waals surface area contributed by atoms with Crippen molar-refractivity contribution in [1.82, 2.24) is 20.7 Å². The van der Waals surface area contributed by atoms with Gasteiger partial charge >= 0.3 is 0 Å². The number of likely N-dealkylation sites (tertiary alicyclic amines) is 1. The van der Waals surface area contributed by atoms with E-state index in [0.29, 0.717) is 6.04 Å².